The van der Waals surface area contributed by atoms with Crippen molar-refractivity contribution < 1.29 is 8.42 Å². The first-order valence-electron chi connectivity index (χ1n) is 6.36. The van der Waals surface area contributed by atoms with Crippen LogP contribution in [0.2, 0.25) is 0 Å². The summed E-state index contributed by atoms with van der Waals surface area (Å²) in [6, 6.07) is 8.26. The molecule has 0 bridgehead atoms. The van der Waals surface area contributed by atoms with Crippen LogP contribution in [0.4, 0.5) is 0 Å². The normalized spacial score (nSPS) is 14.4. The highest BCUT2D eigenvalue weighted by molar-refractivity contribution is 9.10. The van der Waals surface area contributed by atoms with Gasteiger partial charge >= 0.3 is 0 Å². The molecule has 1 N–H and O–H groups in total. The van der Waals surface area contributed by atoms with Gasteiger partial charge in [-0.05, 0) is 38.0 Å². The molecule has 0 aliphatic heterocycles. The molecule has 1 aromatic rings. The second-order valence-electron chi connectivity index (χ2n) is 5.43. The van der Waals surface area contributed by atoms with Gasteiger partial charge in [0.05, 0.1) is 4.75 Å². The standard InChI is InChI=1S/C14H22BrNO2S/c1-5-13(11-7-6-8-12(15)9-11)16-10-14(2,3)19(4,17)18/h6-9,13,16H,5,10H2,1-4H3. The number of benzene rings is 1. The minimum atomic E-state index is -3.07. The van der Waals surface area contributed by atoms with E-state index in [0.29, 0.717) is 6.54 Å². The van der Waals surface area contributed by atoms with E-state index in [0.717, 1.165) is 10.9 Å². The molecule has 0 aliphatic carbocycles. The molecule has 108 valence electrons. The molecule has 0 fully saturated rings. The molecular formula is C14H22BrNO2S. The quantitative estimate of drug-likeness (QED) is 0.858. The highest BCUT2D eigenvalue weighted by atomic mass is 79.9. The van der Waals surface area contributed by atoms with Crippen LogP contribution >= 0.6 is 15.9 Å². The Morgan fingerprint density at radius 2 is 2.00 bits per heavy atom. The monoisotopic (exact) mass is 347 g/mol. The summed E-state index contributed by atoms with van der Waals surface area (Å²) in [6.07, 6.45) is 2.20. The number of nitrogens with one attached hydrogen (secondary N) is 1. The highest BCUT2D eigenvalue weighted by Gasteiger charge is 2.30. The summed E-state index contributed by atoms with van der Waals surface area (Å²) in [7, 11) is -3.07. The highest BCUT2D eigenvalue weighted by Crippen LogP contribution is 2.22. The van der Waals surface area contributed by atoms with Crippen LogP contribution in [0.5, 0.6) is 0 Å². The molecule has 1 rings (SSSR count). The lowest BCUT2D eigenvalue weighted by molar-refractivity contribution is 0.464. The van der Waals surface area contributed by atoms with E-state index in [4.69, 9.17) is 0 Å². The van der Waals surface area contributed by atoms with E-state index < -0.39 is 14.6 Å². The van der Waals surface area contributed by atoms with Gasteiger partial charge in [0.25, 0.3) is 0 Å². The predicted molar refractivity (Wildman–Crippen MR) is 84.1 cm³/mol. The van der Waals surface area contributed by atoms with Crippen molar-refractivity contribution in [1.82, 2.24) is 5.32 Å². The molecule has 0 radical (unpaired) electrons. The molecule has 3 nitrogen and oxygen atoms in total. The molecule has 0 saturated carbocycles. The van der Waals surface area contributed by atoms with Crippen LogP contribution in [0.15, 0.2) is 28.7 Å². The van der Waals surface area contributed by atoms with Gasteiger partial charge in [-0.25, -0.2) is 8.42 Å². The number of halogens is 1. The lowest BCUT2D eigenvalue weighted by atomic mass is 10.0. The third-order valence-corrected chi connectivity index (χ3v) is 6.08. The van der Waals surface area contributed by atoms with Crippen molar-refractivity contribution in [3.8, 4) is 0 Å². The Bertz CT molecular complexity index is 526. The second kappa shape index (κ2) is 6.37. The summed E-state index contributed by atoms with van der Waals surface area (Å²) in [6.45, 7) is 6.04. The van der Waals surface area contributed by atoms with Crippen molar-refractivity contribution >= 4 is 25.8 Å². The van der Waals surface area contributed by atoms with Crippen LogP contribution in [-0.2, 0) is 9.84 Å². The largest absolute Gasteiger partial charge is 0.308 e. The third kappa shape index (κ3) is 4.58. The number of sulfone groups is 1. The van der Waals surface area contributed by atoms with Crippen LogP contribution in [0.25, 0.3) is 0 Å². The van der Waals surface area contributed by atoms with E-state index in [9.17, 15) is 8.42 Å². The lowest BCUT2D eigenvalue weighted by Gasteiger charge is -2.26. The topological polar surface area (TPSA) is 46.2 Å². The zero-order chi connectivity index (χ0) is 14.7. The molecule has 0 heterocycles. The van der Waals surface area contributed by atoms with Crippen LogP contribution in [0.3, 0.4) is 0 Å². The molecule has 1 atom stereocenters. The smallest absolute Gasteiger partial charge is 0.153 e. The van der Waals surface area contributed by atoms with Crippen molar-refractivity contribution in [2.45, 2.75) is 38.0 Å². The third-order valence-electron chi connectivity index (χ3n) is 3.44. The van der Waals surface area contributed by atoms with Gasteiger partial charge < -0.3 is 5.32 Å². The van der Waals surface area contributed by atoms with Crippen molar-refractivity contribution in [3.63, 3.8) is 0 Å². The van der Waals surface area contributed by atoms with Crippen LogP contribution in [-0.4, -0.2) is 26.0 Å². The van der Waals surface area contributed by atoms with Gasteiger partial charge in [0.1, 0.15) is 0 Å². The lowest BCUT2D eigenvalue weighted by Crippen LogP contribution is -2.42. The summed E-state index contributed by atoms with van der Waals surface area (Å²) in [5, 5.41) is 3.36. The van der Waals surface area contributed by atoms with Crippen molar-refractivity contribution in [2.75, 3.05) is 12.8 Å². The zero-order valence-electron chi connectivity index (χ0n) is 11.9. The molecule has 0 saturated heterocycles. The van der Waals surface area contributed by atoms with Gasteiger partial charge in [-0.1, -0.05) is 35.0 Å². The van der Waals surface area contributed by atoms with Gasteiger partial charge in [-0.15, -0.1) is 0 Å². The zero-order valence-corrected chi connectivity index (χ0v) is 14.3. The van der Waals surface area contributed by atoms with Gasteiger partial charge in [0.15, 0.2) is 9.84 Å². The Kier molecular flexibility index (Phi) is 5.59. The minimum Gasteiger partial charge on any atom is -0.308 e. The molecule has 0 aliphatic rings. The average Bonchev–Trinajstić information content (AvgIpc) is 2.28. The Morgan fingerprint density at radius 1 is 1.37 bits per heavy atom. The molecule has 5 heteroatoms. The second-order valence-corrected chi connectivity index (χ2v) is 8.99. The first-order chi connectivity index (χ1) is 8.67. The van der Waals surface area contributed by atoms with Crippen molar-refractivity contribution in [1.29, 1.82) is 0 Å². The molecule has 0 aromatic heterocycles. The van der Waals surface area contributed by atoms with Crippen molar-refractivity contribution in [2.24, 2.45) is 0 Å². The van der Waals surface area contributed by atoms with Gasteiger partial charge in [0.2, 0.25) is 0 Å². The van der Waals surface area contributed by atoms with Gasteiger partial charge in [0, 0.05) is 23.3 Å². The van der Waals surface area contributed by atoms with E-state index in [1.807, 2.05) is 12.1 Å². The molecule has 1 aromatic carbocycles. The van der Waals surface area contributed by atoms with E-state index >= 15 is 0 Å². The predicted octanol–water partition coefficient (Wildman–Crippen LogP) is 3.31. The molecule has 0 amide bonds. The summed E-state index contributed by atoms with van der Waals surface area (Å²) < 4.78 is 23.7. The van der Waals surface area contributed by atoms with E-state index in [1.54, 1.807) is 13.8 Å². The fourth-order valence-corrected chi connectivity index (χ4v) is 2.48. The van der Waals surface area contributed by atoms with Crippen LogP contribution in [0, 0.1) is 0 Å². The van der Waals surface area contributed by atoms with Crippen LogP contribution < -0.4 is 5.32 Å². The van der Waals surface area contributed by atoms with E-state index in [2.05, 4.69) is 40.3 Å². The Balaban J connectivity index is 2.80. The molecule has 19 heavy (non-hydrogen) atoms. The van der Waals surface area contributed by atoms with E-state index in [1.165, 1.54) is 11.8 Å². The summed E-state index contributed by atoms with van der Waals surface area (Å²) in [5.41, 5.74) is 1.17. The molecular weight excluding hydrogens is 326 g/mol. The van der Waals surface area contributed by atoms with Gasteiger partial charge in [-0.2, -0.15) is 0 Å². The maximum Gasteiger partial charge on any atom is 0.153 e. The average molecular weight is 348 g/mol. The Hall–Kier alpha value is -0.390. The number of hydrogen-bond acceptors (Lipinski definition) is 3. The maximum absolute atomic E-state index is 11.7. The summed E-state index contributed by atoms with van der Waals surface area (Å²) in [4.78, 5) is 0. The SMILES string of the molecule is CCC(NCC(C)(C)S(C)(=O)=O)c1cccc(Br)c1. The first kappa shape index (κ1) is 16.7. The maximum atomic E-state index is 11.7. The van der Waals surface area contributed by atoms with Gasteiger partial charge in [-0.3, -0.25) is 0 Å². The Morgan fingerprint density at radius 3 is 2.47 bits per heavy atom. The summed E-state index contributed by atoms with van der Waals surface area (Å²) in [5.74, 6) is 0. The summed E-state index contributed by atoms with van der Waals surface area (Å²) >= 11 is 3.46. The fourth-order valence-electron chi connectivity index (χ4n) is 1.72. The first-order valence-corrected chi connectivity index (χ1v) is 9.04. The molecule has 1 unspecified atom stereocenters. The number of rotatable bonds is 6. The molecule has 0 spiro atoms. The minimum absolute atomic E-state index is 0.165. The van der Waals surface area contributed by atoms with E-state index in [-0.39, 0.29) is 6.04 Å². The van der Waals surface area contributed by atoms with Crippen molar-refractivity contribution in [3.05, 3.63) is 34.3 Å². The Labute approximate surface area is 124 Å². The van der Waals surface area contributed by atoms with Crippen LogP contribution in [0.1, 0.15) is 38.8 Å². The number of hydrogen-bond donors (Lipinski definition) is 1. The fraction of sp³-hybridized carbons (Fsp3) is 0.571.